The number of aromatic nitrogens is 2. The lowest BCUT2D eigenvalue weighted by Gasteiger charge is -2.14. The molecule has 0 aliphatic heterocycles. The van der Waals surface area contributed by atoms with Crippen LogP contribution in [-0.4, -0.2) is 15.8 Å². The van der Waals surface area contributed by atoms with Gasteiger partial charge in [0.1, 0.15) is 5.82 Å². The van der Waals surface area contributed by atoms with E-state index in [1.165, 1.54) is 6.07 Å². The number of rotatable bonds is 5. The Kier molecular flexibility index (Phi) is 4.49. The molecular formula is C13H15BrFN3. The first-order valence-corrected chi connectivity index (χ1v) is 6.59. The zero-order chi connectivity index (χ0) is 13.0. The van der Waals surface area contributed by atoms with E-state index < -0.39 is 0 Å². The predicted octanol–water partition coefficient (Wildman–Crippen LogP) is 2.96. The van der Waals surface area contributed by atoms with Gasteiger partial charge in [-0.05, 0) is 46.6 Å². The molecule has 2 aromatic rings. The first kappa shape index (κ1) is 13.2. The molecule has 0 saturated heterocycles. The van der Waals surface area contributed by atoms with Crippen LogP contribution in [0.25, 0.3) is 0 Å². The zero-order valence-electron chi connectivity index (χ0n) is 10.1. The zero-order valence-corrected chi connectivity index (χ0v) is 11.7. The Morgan fingerprint density at radius 2 is 2.33 bits per heavy atom. The molecule has 18 heavy (non-hydrogen) atoms. The third kappa shape index (κ3) is 3.65. The van der Waals surface area contributed by atoms with Gasteiger partial charge in [-0.15, -0.1) is 0 Å². The van der Waals surface area contributed by atoms with Gasteiger partial charge in [0.2, 0.25) is 0 Å². The second-order valence-electron chi connectivity index (χ2n) is 4.26. The average molecular weight is 312 g/mol. The second kappa shape index (κ2) is 6.11. The van der Waals surface area contributed by atoms with Crippen LogP contribution in [0, 0.1) is 5.82 Å². The van der Waals surface area contributed by atoms with Crippen molar-refractivity contribution in [1.29, 1.82) is 0 Å². The molecule has 0 aliphatic carbocycles. The van der Waals surface area contributed by atoms with Crippen molar-refractivity contribution in [2.45, 2.75) is 26.1 Å². The lowest BCUT2D eigenvalue weighted by Crippen LogP contribution is -2.30. The van der Waals surface area contributed by atoms with Gasteiger partial charge in [-0.3, -0.25) is 4.68 Å². The molecule has 0 fully saturated rings. The standard InChI is InChI=1S/C13H15BrFN3/c1-10(9-18-6-2-5-17-18)16-8-11-3-4-13(15)12(14)7-11/h2-7,10,16H,8-9H2,1H3. The van der Waals surface area contributed by atoms with Crippen LogP contribution in [0.1, 0.15) is 12.5 Å². The quantitative estimate of drug-likeness (QED) is 0.920. The Morgan fingerprint density at radius 3 is 3.00 bits per heavy atom. The number of halogens is 2. The molecule has 1 aromatic carbocycles. The van der Waals surface area contributed by atoms with Crippen LogP contribution >= 0.6 is 15.9 Å². The van der Waals surface area contributed by atoms with E-state index in [0.29, 0.717) is 17.1 Å². The molecule has 1 heterocycles. The summed E-state index contributed by atoms with van der Waals surface area (Å²) in [7, 11) is 0. The van der Waals surface area contributed by atoms with E-state index in [1.54, 1.807) is 18.3 Å². The average Bonchev–Trinajstić information content (AvgIpc) is 2.83. The van der Waals surface area contributed by atoms with E-state index in [1.807, 2.05) is 16.9 Å². The fourth-order valence-corrected chi connectivity index (χ4v) is 2.12. The number of nitrogens with one attached hydrogen (secondary N) is 1. The van der Waals surface area contributed by atoms with Crippen molar-refractivity contribution in [2.75, 3.05) is 0 Å². The van der Waals surface area contributed by atoms with Crippen molar-refractivity contribution in [2.24, 2.45) is 0 Å². The summed E-state index contributed by atoms with van der Waals surface area (Å²) in [5.41, 5.74) is 1.05. The van der Waals surface area contributed by atoms with Crippen LogP contribution in [0.2, 0.25) is 0 Å². The fourth-order valence-electron chi connectivity index (χ4n) is 1.70. The fraction of sp³-hybridized carbons (Fsp3) is 0.308. The minimum atomic E-state index is -0.233. The van der Waals surface area contributed by atoms with Crippen molar-refractivity contribution in [3.05, 3.63) is 52.5 Å². The van der Waals surface area contributed by atoms with Gasteiger partial charge >= 0.3 is 0 Å². The second-order valence-corrected chi connectivity index (χ2v) is 5.11. The van der Waals surface area contributed by atoms with Crippen LogP contribution in [0.4, 0.5) is 4.39 Å². The molecule has 0 amide bonds. The summed E-state index contributed by atoms with van der Waals surface area (Å²) in [6.45, 7) is 3.62. The monoisotopic (exact) mass is 311 g/mol. The highest BCUT2D eigenvalue weighted by Gasteiger charge is 2.04. The van der Waals surface area contributed by atoms with E-state index in [2.05, 4.69) is 33.3 Å². The third-order valence-electron chi connectivity index (χ3n) is 2.66. The van der Waals surface area contributed by atoms with Crippen LogP contribution < -0.4 is 5.32 Å². The summed E-state index contributed by atoms with van der Waals surface area (Å²) >= 11 is 3.18. The minimum Gasteiger partial charge on any atom is -0.308 e. The Morgan fingerprint density at radius 1 is 1.50 bits per heavy atom. The smallest absolute Gasteiger partial charge is 0.137 e. The SMILES string of the molecule is CC(Cn1cccn1)NCc1ccc(F)c(Br)c1. The molecule has 0 aliphatic rings. The van der Waals surface area contributed by atoms with Crippen LogP contribution in [0.15, 0.2) is 41.1 Å². The molecule has 0 saturated carbocycles. The van der Waals surface area contributed by atoms with E-state index >= 15 is 0 Å². The molecule has 0 radical (unpaired) electrons. The molecule has 1 atom stereocenters. The van der Waals surface area contributed by atoms with Crippen molar-refractivity contribution >= 4 is 15.9 Å². The summed E-state index contributed by atoms with van der Waals surface area (Å²) < 4.78 is 15.5. The minimum absolute atomic E-state index is 0.233. The molecule has 1 N–H and O–H groups in total. The molecule has 96 valence electrons. The molecule has 1 unspecified atom stereocenters. The summed E-state index contributed by atoms with van der Waals surface area (Å²) in [5.74, 6) is -0.233. The lowest BCUT2D eigenvalue weighted by molar-refractivity contribution is 0.450. The van der Waals surface area contributed by atoms with Gasteiger partial charge in [-0.2, -0.15) is 5.10 Å². The van der Waals surface area contributed by atoms with Crippen LogP contribution in [0.5, 0.6) is 0 Å². The maximum absolute atomic E-state index is 13.1. The molecule has 3 nitrogen and oxygen atoms in total. The van der Waals surface area contributed by atoms with Crippen molar-refractivity contribution in [1.82, 2.24) is 15.1 Å². The van der Waals surface area contributed by atoms with Gasteiger partial charge in [-0.1, -0.05) is 6.07 Å². The summed E-state index contributed by atoms with van der Waals surface area (Å²) in [6, 6.07) is 7.26. The van der Waals surface area contributed by atoms with Crippen molar-refractivity contribution in [3.8, 4) is 0 Å². The van der Waals surface area contributed by atoms with Gasteiger partial charge in [0.05, 0.1) is 11.0 Å². The Hall–Kier alpha value is -1.20. The Balaban J connectivity index is 1.85. The molecular weight excluding hydrogens is 297 g/mol. The van der Waals surface area contributed by atoms with Gasteiger partial charge in [0.15, 0.2) is 0 Å². The Bertz CT molecular complexity index is 499. The lowest BCUT2D eigenvalue weighted by atomic mass is 10.2. The number of nitrogens with zero attached hydrogens (tertiary/aromatic N) is 2. The summed E-state index contributed by atoms with van der Waals surface area (Å²) in [5, 5.41) is 7.54. The topological polar surface area (TPSA) is 29.9 Å². The van der Waals surface area contributed by atoms with Crippen molar-refractivity contribution in [3.63, 3.8) is 0 Å². The Labute approximate surface area is 114 Å². The number of hydrogen-bond acceptors (Lipinski definition) is 2. The highest BCUT2D eigenvalue weighted by molar-refractivity contribution is 9.10. The van der Waals surface area contributed by atoms with E-state index in [-0.39, 0.29) is 5.82 Å². The van der Waals surface area contributed by atoms with E-state index in [9.17, 15) is 4.39 Å². The molecule has 5 heteroatoms. The first-order valence-electron chi connectivity index (χ1n) is 5.80. The summed E-state index contributed by atoms with van der Waals surface area (Å²) in [6.07, 6.45) is 3.70. The molecule has 0 spiro atoms. The largest absolute Gasteiger partial charge is 0.308 e. The number of hydrogen-bond donors (Lipinski definition) is 1. The number of benzene rings is 1. The van der Waals surface area contributed by atoms with E-state index in [4.69, 9.17) is 0 Å². The van der Waals surface area contributed by atoms with Gasteiger partial charge in [0.25, 0.3) is 0 Å². The van der Waals surface area contributed by atoms with Crippen LogP contribution in [-0.2, 0) is 13.1 Å². The molecule has 1 aromatic heterocycles. The van der Waals surface area contributed by atoms with Gasteiger partial charge < -0.3 is 5.32 Å². The highest BCUT2D eigenvalue weighted by Crippen LogP contribution is 2.16. The maximum atomic E-state index is 13.1. The van der Waals surface area contributed by atoms with Crippen LogP contribution in [0.3, 0.4) is 0 Å². The molecule has 0 bridgehead atoms. The maximum Gasteiger partial charge on any atom is 0.137 e. The summed E-state index contributed by atoms with van der Waals surface area (Å²) in [4.78, 5) is 0. The third-order valence-corrected chi connectivity index (χ3v) is 3.27. The van der Waals surface area contributed by atoms with Gasteiger partial charge in [-0.25, -0.2) is 4.39 Å². The van der Waals surface area contributed by atoms with E-state index in [0.717, 1.165) is 12.1 Å². The normalized spacial score (nSPS) is 12.6. The van der Waals surface area contributed by atoms with Gasteiger partial charge in [0, 0.05) is 25.0 Å². The first-order chi connectivity index (χ1) is 8.65. The highest BCUT2D eigenvalue weighted by atomic mass is 79.9. The van der Waals surface area contributed by atoms with Crippen molar-refractivity contribution < 1.29 is 4.39 Å². The predicted molar refractivity (Wildman–Crippen MR) is 72.6 cm³/mol. The molecule has 2 rings (SSSR count).